The molecule has 1 saturated heterocycles. The van der Waals surface area contributed by atoms with E-state index in [1.54, 1.807) is 12.3 Å². The Bertz CT molecular complexity index is 991. The molecule has 154 valence electrons. The van der Waals surface area contributed by atoms with Gasteiger partial charge in [0.05, 0.1) is 6.54 Å². The van der Waals surface area contributed by atoms with Crippen LogP contribution in [0, 0.1) is 6.92 Å². The molecule has 3 heterocycles. The maximum atomic E-state index is 11.6. The van der Waals surface area contributed by atoms with Crippen molar-refractivity contribution in [2.24, 2.45) is 0 Å². The van der Waals surface area contributed by atoms with E-state index in [1.807, 2.05) is 25.3 Å². The van der Waals surface area contributed by atoms with Crippen molar-refractivity contribution >= 4 is 11.0 Å². The number of hydrogen-bond acceptors (Lipinski definition) is 6. The van der Waals surface area contributed by atoms with Crippen LogP contribution in [0.15, 0.2) is 45.9 Å². The van der Waals surface area contributed by atoms with Crippen LogP contribution < -0.4 is 15.7 Å². The van der Waals surface area contributed by atoms with Gasteiger partial charge in [-0.25, -0.2) is 9.78 Å². The molecule has 7 heteroatoms. The van der Waals surface area contributed by atoms with Crippen molar-refractivity contribution in [2.75, 3.05) is 19.7 Å². The second-order valence-electron chi connectivity index (χ2n) is 7.87. The number of imidazole rings is 1. The number of aryl methyl sites for hydroxylation is 1. The summed E-state index contributed by atoms with van der Waals surface area (Å²) in [6, 6.07) is 7.90. The van der Waals surface area contributed by atoms with E-state index in [2.05, 4.69) is 27.1 Å². The lowest BCUT2D eigenvalue weighted by Crippen LogP contribution is -2.46. The molecule has 1 aromatic carbocycles. The molecule has 1 aliphatic heterocycles. The lowest BCUT2D eigenvalue weighted by atomic mass is 10.0. The van der Waals surface area contributed by atoms with Gasteiger partial charge in [0, 0.05) is 55.1 Å². The first-order valence-electron chi connectivity index (χ1n) is 10.2. The first-order valence-corrected chi connectivity index (χ1v) is 10.2. The molecule has 2 N–H and O–H groups in total. The number of benzene rings is 1. The summed E-state index contributed by atoms with van der Waals surface area (Å²) in [7, 11) is 0. The average Bonchev–Trinajstić information content (AvgIpc) is 3.20. The predicted molar refractivity (Wildman–Crippen MR) is 112 cm³/mol. The number of ether oxygens (including phenoxy) is 1. The van der Waals surface area contributed by atoms with Gasteiger partial charge in [0.15, 0.2) is 0 Å². The fourth-order valence-electron chi connectivity index (χ4n) is 3.92. The Hall–Kier alpha value is -2.64. The number of hydrogen-bond donors (Lipinski definition) is 2. The van der Waals surface area contributed by atoms with Gasteiger partial charge in [0.2, 0.25) is 0 Å². The normalized spacial score (nSPS) is 16.9. The van der Waals surface area contributed by atoms with Crippen LogP contribution in [0.25, 0.3) is 11.0 Å². The van der Waals surface area contributed by atoms with Gasteiger partial charge in [0.25, 0.3) is 0 Å². The molecular weight excluding hydrogens is 368 g/mol. The zero-order chi connectivity index (χ0) is 20.2. The molecule has 2 aromatic heterocycles. The van der Waals surface area contributed by atoms with Gasteiger partial charge in [-0.2, -0.15) is 0 Å². The van der Waals surface area contributed by atoms with Crippen LogP contribution in [0.2, 0.25) is 0 Å². The molecule has 1 aliphatic rings. The Morgan fingerprint density at radius 2 is 2.17 bits per heavy atom. The number of H-pyrrole nitrogens is 1. The van der Waals surface area contributed by atoms with Gasteiger partial charge in [-0.3, -0.25) is 4.90 Å². The number of rotatable bonds is 7. The average molecular weight is 396 g/mol. The van der Waals surface area contributed by atoms with E-state index < -0.39 is 0 Å². The van der Waals surface area contributed by atoms with Crippen molar-refractivity contribution in [2.45, 2.75) is 45.3 Å². The molecule has 1 fully saturated rings. The van der Waals surface area contributed by atoms with Crippen LogP contribution in [0.5, 0.6) is 5.75 Å². The SMILES string of the molecule is Cc1cc(=O)oc2cc(OCC(C)NC3CCN(Cc4ncc[nH]4)CC3)ccc12. The highest BCUT2D eigenvalue weighted by molar-refractivity contribution is 5.81. The number of aromatic amines is 1. The van der Waals surface area contributed by atoms with Crippen molar-refractivity contribution in [3.8, 4) is 5.75 Å². The molecule has 4 rings (SSSR count). The summed E-state index contributed by atoms with van der Waals surface area (Å²) in [5, 5.41) is 4.61. The van der Waals surface area contributed by atoms with Crippen molar-refractivity contribution in [3.63, 3.8) is 0 Å². The highest BCUT2D eigenvalue weighted by atomic mass is 16.5. The number of nitrogens with zero attached hydrogens (tertiary/aromatic N) is 2. The van der Waals surface area contributed by atoms with Crippen molar-refractivity contribution in [1.82, 2.24) is 20.2 Å². The number of aromatic nitrogens is 2. The summed E-state index contributed by atoms with van der Waals surface area (Å²) in [5.74, 6) is 1.74. The minimum absolute atomic E-state index is 0.233. The minimum atomic E-state index is -0.333. The van der Waals surface area contributed by atoms with Gasteiger partial charge in [-0.15, -0.1) is 0 Å². The summed E-state index contributed by atoms with van der Waals surface area (Å²) in [5.41, 5.74) is 1.15. The van der Waals surface area contributed by atoms with Crippen LogP contribution in [-0.2, 0) is 6.54 Å². The molecule has 1 unspecified atom stereocenters. The third-order valence-electron chi connectivity index (χ3n) is 5.46. The van der Waals surface area contributed by atoms with E-state index in [0.29, 0.717) is 24.0 Å². The number of nitrogens with one attached hydrogen (secondary N) is 2. The van der Waals surface area contributed by atoms with Gasteiger partial charge in [-0.1, -0.05) is 0 Å². The summed E-state index contributed by atoms with van der Waals surface area (Å²) in [4.78, 5) is 21.5. The Morgan fingerprint density at radius 1 is 1.34 bits per heavy atom. The van der Waals surface area contributed by atoms with E-state index in [4.69, 9.17) is 9.15 Å². The number of likely N-dealkylation sites (tertiary alicyclic amines) is 1. The summed E-state index contributed by atoms with van der Waals surface area (Å²) >= 11 is 0. The lowest BCUT2D eigenvalue weighted by Gasteiger charge is -2.33. The molecule has 1 atom stereocenters. The Kier molecular flexibility index (Phi) is 5.97. The monoisotopic (exact) mass is 396 g/mol. The Labute approximate surface area is 170 Å². The molecule has 0 aliphatic carbocycles. The van der Waals surface area contributed by atoms with Gasteiger partial charge >= 0.3 is 5.63 Å². The van der Waals surface area contributed by atoms with Crippen LogP contribution >= 0.6 is 0 Å². The van der Waals surface area contributed by atoms with Crippen molar-refractivity contribution < 1.29 is 9.15 Å². The quantitative estimate of drug-likeness (QED) is 0.598. The first-order chi connectivity index (χ1) is 14.1. The van der Waals surface area contributed by atoms with E-state index in [-0.39, 0.29) is 11.7 Å². The third-order valence-corrected chi connectivity index (χ3v) is 5.46. The first kappa shape index (κ1) is 19.7. The molecule has 0 radical (unpaired) electrons. The molecule has 0 bridgehead atoms. The molecular formula is C22H28N4O3. The van der Waals surface area contributed by atoms with Crippen LogP contribution in [0.3, 0.4) is 0 Å². The molecule has 3 aromatic rings. The Morgan fingerprint density at radius 3 is 2.93 bits per heavy atom. The van der Waals surface area contributed by atoms with Crippen LogP contribution in [0.4, 0.5) is 0 Å². The predicted octanol–water partition coefficient (Wildman–Crippen LogP) is 2.85. The van der Waals surface area contributed by atoms with Crippen molar-refractivity contribution in [3.05, 3.63) is 58.5 Å². The standard InChI is InChI=1S/C22H28N4O3/c1-15-11-22(27)29-20-12-18(3-4-19(15)20)28-14-16(2)25-17-5-9-26(10-6-17)13-21-23-7-8-24-21/h3-4,7-8,11-12,16-17,25H,5-6,9-10,13-14H2,1-2H3,(H,23,24). The maximum absolute atomic E-state index is 11.6. The molecule has 29 heavy (non-hydrogen) atoms. The Balaban J connectivity index is 1.24. The van der Waals surface area contributed by atoms with E-state index in [1.165, 1.54) is 6.07 Å². The second kappa shape index (κ2) is 8.80. The third kappa shape index (κ3) is 5.05. The fraction of sp³-hybridized carbons (Fsp3) is 0.455. The summed E-state index contributed by atoms with van der Waals surface area (Å²) < 4.78 is 11.2. The van der Waals surface area contributed by atoms with Crippen LogP contribution in [-0.4, -0.2) is 46.6 Å². The second-order valence-corrected chi connectivity index (χ2v) is 7.87. The largest absolute Gasteiger partial charge is 0.492 e. The van der Waals surface area contributed by atoms with Gasteiger partial charge in [-0.05, 0) is 44.4 Å². The zero-order valence-electron chi connectivity index (χ0n) is 17.0. The number of fused-ring (bicyclic) bond motifs is 1. The van der Waals surface area contributed by atoms with Crippen LogP contribution in [0.1, 0.15) is 31.2 Å². The lowest BCUT2D eigenvalue weighted by molar-refractivity contribution is 0.172. The summed E-state index contributed by atoms with van der Waals surface area (Å²) in [6.07, 6.45) is 5.91. The molecule has 7 nitrogen and oxygen atoms in total. The summed E-state index contributed by atoms with van der Waals surface area (Å²) in [6.45, 7) is 7.63. The molecule has 0 spiro atoms. The van der Waals surface area contributed by atoms with E-state index in [9.17, 15) is 4.79 Å². The topological polar surface area (TPSA) is 83.4 Å². The number of piperidine rings is 1. The highest BCUT2D eigenvalue weighted by Gasteiger charge is 2.21. The highest BCUT2D eigenvalue weighted by Crippen LogP contribution is 2.22. The minimum Gasteiger partial charge on any atom is -0.492 e. The maximum Gasteiger partial charge on any atom is 0.336 e. The van der Waals surface area contributed by atoms with Crippen molar-refractivity contribution in [1.29, 1.82) is 0 Å². The molecule has 0 amide bonds. The fourth-order valence-corrected chi connectivity index (χ4v) is 3.92. The van der Waals surface area contributed by atoms with E-state index >= 15 is 0 Å². The van der Waals surface area contributed by atoms with Gasteiger partial charge in [0.1, 0.15) is 23.8 Å². The van der Waals surface area contributed by atoms with Gasteiger partial charge < -0.3 is 19.5 Å². The molecule has 0 saturated carbocycles. The zero-order valence-corrected chi connectivity index (χ0v) is 17.0. The smallest absolute Gasteiger partial charge is 0.336 e. The van der Waals surface area contributed by atoms with E-state index in [0.717, 1.165) is 49.2 Å².